The summed E-state index contributed by atoms with van der Waals surface area (Å²) in [7, 11) is 0. The van der Waals surface area contributed by atoms with Gasteiger partial charge >= 0.3 is 5.97 Å². The molecule has 1 amide bonds. The number of carboxylic acids is 1. The van der Waals surface area contributed by atoms with Crippen LogP contribution in [-0.4, -0.2) is 21.6 Å². The molecule has 0 fully saturated rings. The maximum absolute atomic E-state index is 11.9. The predicted octanol–water partition coefficient (Wildman–Crippen LogP) is 1.81. The zero-order chi connectivity index (χ0) is 14.5. The van der Waals surface area contributed by atoms with Gasteiger partial charge in [0.25, 0.3) is 0 Å². The van der Waals surface area contributed by atoms with Gasteiger partial charge in [-0.15, -0.1) is 6.42 Å². The van der Waals surface area contributed by atoms with Gasteiger partial charge in [0, 0.05) is 17.4 Å². The number of carbonyl (C=O) groups excluding carboxylic acids is 1. The lowest BCUT2D eigenvalue weighted by Gasteiger charge is -2.08. The van der Waals surface area contributed by atoms with Gasteiger partial charge < -0.3 is 15.0 Å². The van der Waals surface area contributed by atoms with Crippen molar-refractivity contribution in [1.29, 1.82) is 0 Å². The van der Waals surface area contributed by atoms with Gasteiger partial charge in [-0.2, -0.15) is 0 Å². The van der Waals surface area contributed by atoms with E-state index in [9.17, 15) is 9.59 Å². The Balaban J connectivity index is 2.07. The summed E-state index contributed by atoms with van der Waals surface area (Å²) in [6.45, 7) is -0.0745. The molecule has 0 aliphatic heterocycles. The summed E-state index contributed by atoms with van der Waals surface area (Å²) in [5, 5.41) is 11.6. The summed E-state index contributed by atoms with van der Waals surface area (Å²) in [6, 6.07) is 9.90. The van der Waals surface area contributed by atoms with E-state index in [4.69, 9.17) is 11.5 Å². The maximum atomic E-state index is 11.9. The molecule has 20 heavy (non-hydrogen) atoms. The lowest BCUT2D eigenvalue weighted by molar-refractivity contribution is -0.116. The van der Waals surface area contributed by atoms with E-state index in [1.165, 1.54) is 10.6 Å². The first-order chi connectivity index (χ1) is 9.60. The first-order valence-electron chi connectivity index (χ1n) is 5.85. The number of carbonyl (C=O) groups is 2. The number of carboxylic acid groups (broad SMARTS) is 1. The SMILES string of the molecule is C#Cc1cccc(NC(=O)Cn2cccc2C(=O)O)c1. The molecule has 0 saturated carbocycles. The molecule has 5 heteroatoms. The predicted molar refractivity (Wildman–Crippen MR) is 74.4 cm³/mol. The summed E-state index contributed by atoms with van der Waals surface area (Å²) in [5.74, 6) is 1.08. The average molecular weight is 268 g/mol. The monoisotopic (exact) mass is 268 g/mol. The quantitative estimate of drug-likeness (QED) is 0.831. The first kappa shape index (κ1) is 13.4. The van der Waals surface area contributed by atoms with Crippen LogP contribution < -0.4 is 5.32 Å². The molecule has 0 aliphatic rings. The summed E-state index contributed by atoms with van der Waals surface area (Å²) >= 11 is 0. The number of nitrogens with one attached hydrogen (secondary N) is 1. The van der Waals surface area contributed by atoms with E-state index < -0.39 is 5.97 Å². The molecule has 0 atom stereocenters. The highest BCUT2D eigenvalue weighted by atomic mass is 16.4. The van der Waals surface area contributed by atoms with Crippen LogP contribution in [0.1, 0.15) is 16.1 Å². The summed E-state index contributed by atoms with van der Waals surface area (Å²) in [6.07, 6.45) is 6.82. The third kappa shape index (κ3) is 3.06. The van der Waals surface area contributed by atoms with Crippen molar-refractivity contribution in [3.8, 4) is 12.3 Å². The minimum Gasteiger partial charge on any atom is -0.477 e. The van der Waals surface area contributed by atoms with Gasteiger partial charge in [-0.25, -0.2) is 4.79 Å². The minimum atomic E-state index is -1.07. The lowest BCUT2D eigenvalue weighted by atomic mass is 10.2. The zero-order valence-corrected chi connectivity index (χ0v) is 10.5. The molecule has 5 nitrogen and oxygen atoms in total. The fraction of sp³-hybridized carbons (Fsp3) is 0.0667. The second-order valence-corrected chi connectivity index (χ2v) is 4.10. The maximum Gasteiger partial charge on any atom is 0.352 e. The number of benzene rings is 1. The second-order valence-electron chi connectivity index (χ2n) is 4.10. The van der Waals surface area contributed by atoms with Crippen molar-refractivity contribution in [2.45, 2.75) is 6.54 Å². The molecule has 0 bridgehead atoms. The van der Waals surface area contributed by atoms with Crippen LogP contribution in [0.2, 0.25) is 0 Å². The largest absolute Gasteiger partial charge is 0.477 e. The molecule has 1 aromatic carbocycles. The lowest BCUT2D eigenvalue weighted by Crippen LogP contribution is -2.20. The van der Waals surface area contributed by atoms with Crippen LogP contribution in [0.3, 0.4) is 0 Å². The van der Waals surface area contributed by atoms with E-state index in [0.717, 1.165) is 0 Å². The highest BCUT2D eigenvalue weighted by Crippen LogP contribution is 2.10. The molecule has 0 spiro atoms. The molecule has 1 heterocycles. The highest BCUT2D eigenvalue weighted by Gasteiger charge is 2.11. The van der Waals surface area contributed by atoms with E-state index in [1.807, 2.05) is 0 Å². The molecule has 2 N–H and O–H groups in total. The molecule has 0 aliphatic carbocycles. The number of aromatic nitrogens is 1. The number of amides is 1. The number of hydrogen-bond donors (Lipinski definition) is 2. The zero-order valence-electron chi connectivity index (χ0n) is 10.5. The highest BCUT2D eigenvalue weighted by molar-refractivity contribution is 5.92. The Morgan fingerprint density at radius 1 is 1.30 bits per heavy atom. The van der Waals surface area contributed by atoms with Crippen LogP contribution >= 0.6 is 0 Å². The molecule has 2 aromatic rings. The van der Waals surface area contributed by atoms with Crippen molar-refractivity contribution < 1.29 is 14.7 Å². The van der Waals surface area contributed by atoms with E-state index in [1.54, 1.807) is 36.5 Å². The van der Waals surface area contributed by atoms with Gasteiger partial charge in [0.1, 0.15) is 12.2 Å². The normalized spacial score (nSPS) is 9.75. The molecular formula is C15H12N2O3. The molecule has 0 saturated heterocycles. The Bertz CT molecular complexity index is 695. The minimum absolute atomic E-state index is 0.0672. The summed E-state index contributed by atoms with van der Waals surface area (Å²) in [5.41, 5.74) is 1.31. The smallest absolute Gasteiger partial charge is 0.352 e. The Labute approximate surface area is 115 Å². The van der Waals surface area contributed by atoms with Crippen LogP contribution in [0.4, 0.5) is 5.69 Å². The molecular weight excluding hydrogens is 256 g/mol. The molecule has 1 aromatic heterocycles. The van der Waals surface area contributed by atoms with Crippen molar-refractivity contribution in [2.75, 3.05) is 5.32 Å². The average Bonchev–Trinajstić information content (AvgIpc) is 2.87. The van der Waals surface area contributed by atoms with Gasteiger partial charge in [0.15, 0.2) is 0 Å². The molecule has 0 unspecified atom stereocenters. The molecule has 100 valence electrons. The summed E-state index contributed by atoms with van der Waals surface area (Å²) in [4.78, 5) is 22.8. The fourth-order valence-electron chi connectivity index (χ4n) is 1.79. The Morgan fingerprint density at radius 3 is 2.80 bits per heavy atom. The number of rotatable bonds is 4. The van der Waals surface area contributed by atoms with Crippen LogP contribution in [0, 0.1) is 12.3 Å². The van der Waals surface area contributed by atoms with Crippen LogP contribution in [0.25, 0.3) is 0 Å². The van der Waals surface area contributed by atoms with Crippen LogP contribution in [0.5, 0.6) is 0 Å². The van der Waals surface area contributed by atoms with Crippen LogP contribution in [0.15, 0.2) is 42.6 Å². The van der Waals surface area contributed by atoms with Gasteiger partial charge in [-0.1, -0.05) is 12.0 Å². The van der Waals surface area contributed by atoms with Crippen molar-refractivity contribution in [1.82, 2.24) is 4.57 Å². The van der Waals surface area contributed by atoms with E-state index >= 15 is 0 Å². The third-order valence-electron chi connectivity index (χ3n) is 2.68. The summed E-state index contributed by atoms with van der Waals surface area (Å²) < 4.78 is 1.36. The van der Waals surface area contributed by atoms with Crippen molar-refractivity contribution in [3.05, 3.63) is 53.9 Å². The van der Waals surface area contributed by atoms with E-state index in [0.29, 0.717) is 11.3 Å². The second kappa shape index (κ2) is 5.76. The Hall–Kier alpha value is -3.00. The number of hydrogen-bond acceptors (Lipinski definition) is 2. The number of aromatic carboxylic acids is 1. The fourth-order valence-corrected chi connectivity index (χ4v) is 1.79. The Kier molecular flexibility index (Phi) is 3.87. The van der Waals surface area contributed by atoms with Gasteiger partial charge in [-0.05, 0) is 30.3 Å². The van der Waals surface area contributed by atoms with E-state index in [-0.39, 0.29) is 18.1 Å². The van der Waals surface area contributed by atoms with Crippen molar-refractivity contribution in [2.24, 2.45) is 0 Å². The number of anilines is 1. The van der Waals surface area contributed by atoms with Crippen molar-refractivity contribution in [3.63, 3.8) is 0 Å². The number of terminal acetylenes is 1. The van der Waals surface area contributed by atoms with Gasteiger partial charge in [-0.3, -0.25) is 4.79 Å². The van der Waals surface area contributed by atoms with E-state index in [2.05, 4.69) is 11.2 Å². The van der Waals surface area contributed by atoms with Gasteiger partial charge in [0.05, 0.1) is 0 Å². The molecule has 0 radical (unpaired) electrons. The van der Waals surface area contributed by atoms with Crippen molar-refractivity contribution >= 4 is 17.6 Å². The first-order valence-corrected chi connectivity index (χ1v) is 5.85. The molecule has 2 rings (SSSR count). The van der Waals surface area contributed by atoms with Gasteiger partial charge in [0.2, 0.25) is 5.91 Å². The topological polar surface area (TPSA) is 71.3 Å². The number of nitrogens with zero attached hydrogens (tertiary/aromatic N) is 1. The standard InChI is InChI=1S/C15H12N2O3/c1-2-11-5-3-6-12(9-11)16-14(18)10-17-8-4-7-13(17)15(19)20/h1,3-9H,10H2,(H,16,18)(H,19,20). The third-order valence-corrected chi connectivity index (χ3v) is 2.68. The Morgan fingerprint density at radius 2 is 2.10 bits per heavy atom. The van der Waals surface area contributed by atoms with Crippen LogP contribution in [-0.2, 0) is 11.3 Å².